The monoisotopic (exact) mass is 266 g/mol. The van der Waals surface area contributed by atoms with E-state index in [1.807, 2.05) is 26.0 Å². The minimum absolute atomic E-state index is 0.0734. The summed E-state index contributed by atoms with van der Waals surface area (Å²) in [6.45, 7) is 3.92. The second-order valence-electron chi connectivity index (χ2n) is 4.71. The number of hydrogen-bond donors (Lipinski definition) is 3. The number of ether oxygens (including phenoxy) is 1. The van der Waals surface area contributed by atoms with Gasteiger partial charge in [0.2, 0.25) is 0 Å². The number of rotatable bonds is 6. The Morgan fingerprint density at radius 1 is 1.42 bits per heavy atom. The number of aryl methyl sites for hydroxylation is 2. The standard InChI is InChI=1S/C14H22N2O3/c1-8-6-12(19-4)9(2)5-10(8)14(16-3)11(15)7-13(17)18/h5-6,11,14,16H,7,15H2,1-4H3,(H,17,18). The molecule has 0 aliphatic heterocycles. The molecule has 0 saturated heterocycles. The number of carbonyl (C=O) groups is 1. The lowest BCUT2D eigenvalue weighted by molar-refractivity contribution is -0.137. The van der Waals surface area contributed by atoms with E-state index in [2.05, 4.69) is 5.32 Å². The van der Waals surface area contributed by atoms with Crippen LogP contribution in [0.25, 0.3) is 0 Å². The van der Waals surface area contributed by atoms with Gasteiger partial charge in [0, 0.05) is 12.1 Å². The lowest BCUT2D eigenvalue weighted by atomic mass is 9.92. The van der Waals surface area contributed by atoms with Crippen molar-refractivity contribution < 1.29 is 14.6 Å². The first-order chi connectivity index (χ1) is 8.90. The van der Waals surface area contributed by atoms with Gasteiger partial charge in [0.1, 0.15) is 5.75 Å². The Kier molecular flexibility index (Phi) is 5.32. The molecule has 0 aromatic heterocycles. The van der Waals surface area contributed by atoms with Crippen LogP contribution in [0.15, 0.2) is 12.1 Å². The molecule has 0 aliphatic carbocycles. The van der Waals surface area contributed by atoms with Crippen molar-refractivity contribution in [3.05, 3.63) is 28.8 Å². The number of nitrogens with two attached hydrogens (primary N) is 1. The first kappa shape index (κ1) is 15.5. The lowest BCUT2D eigenvalue weighted by Crippen LogP contribution is -2.38. The number of hydrogen-bond acceptors (Lipinski definition) is 4. The molecule has 2 unspecified atom stereocenters. The first-order valence-corrected chi connectivity index (χ1v) is 6.20. The van der Waals surface area contributed by atoms with Crippen molar-refractivity contribution >= 4 is 5.97 Å². The third-order valence-corrected chi connectivity index (χ3v) is 3.27. The van der Waals surface area contributed by atoms with Gasteiger partial charge in [0.25, 0.3) is 0 Å². The molecule has 19 heavy (non-hydrogen) atoms. The molecule has 0 amide bonds. The van der Waals surface area contributed by atoms with Gasteiger partial charge in [-0.3, -0.25) is 4.79 Å². The average molecular weight is 266 g/mol. The van der Waals surface area contributed by atoms with E-state index in [1.165, 1.54) is 0 Å². The Hall–Kier alpha value is -1.59. The molecule has 106 valence electrons. The highest BCUT2D eigenvalue weighted by atomic mass is 16.5. The summed E-state index contributed by atoms with van der Waals surface area (Å²) in [4.78, 5) is 10.8. The molecule has 0 spiro atoms. The van der Waals surface area contributed by atoms with Crippen molar-refractivity contribution in [2.24, 2.45) is 5.73 Å². The van der Waals surface area contributed by atoms with Gasteiger partial charge >= 0.3 is 5.97 Å². The highest BCUT2D eigenvalue weighted by Gasteiger charge is 2.22. The Morgan fingerprint density at radius 3 is 2.53 bits per heavy atom. The van der Waals surface area contributed by atoms with E-state index in [1.54, 1.807) is 14.2 Å². The smallest absolute Gasteiger partial charge is 0.304 e. The van der Waals surface area contributed by atoms with E-state index in [0.29, 0.717) is 0 Å². The van der Waals surface area contributed by atoms with Crippen LogP contribution in [0.3, 0.4) is 0 Å². The van der Waals surface area contributed by atoms with E-state index < -0.39 is 12.0 Å². The number of benzene rings is 1. The van der Waals surface area contributed by atoms with E-state index >= 15 is 0 Å². The van der Waals surface area contributed by atoms with Crippen LogP contribution in [-0.4, -0.2) is 31.3 Å². The topological polar surface area (TPSA) is 84.6 Å². The molecular formula is C14H22N2O3. The van der Waals surface area contributed by atoms with Crippen LogP contribution in [0.5, 0.6) is 5.75 Å². The Bertz CT molecular complexity index is 460. The van der Waals surface area contributed by atoms with Gasteiger partial charge in [0.05, 0.1) is 13.5 Å². The third-order valence-electron chi connectivity index (χ3n) is 3.27. The molecule has 0 heterocycles. The SMILES string of the molecule is CNC(c1cc(C)c(OC)cc1C)C(N)CC(=O)O. The van der Waals surface area contributed by atoms with Crippen molar-refractivity contribution in [3.63, 3.8) is 0 Å². The molecule has 0 aliphatic rings. The zero-order valence-corrected chi connectivity index (χ0v) is 11.9. The van der Waals surface area contributed by atoms with Crippen molar-refractivity contribution in [2.75, 3.05) is 14.2 Å². The number of methoxy groups -OCH3 is 1. The summed E-state index contributed by atoms with van der Waals surface area (Å²) < 4.78 is 5.27. The Morgan fingerprint density at radius 2 is 2.05 bits per heavy atom. The Labute approximate surface area is 113 Å². The molecule has 2 atom stereocenters. The van der Waals surface area contributed by atoms with Gasteiger partial charge in [-0.15, -0.1) is 0 Å². The van der Waals surface area contributed by atoms with Crippen LogP contribution < -0.4 is 15.8 Å². The zero-order chi connectivity index (χ0) is 14.6. The summed E-state index contributed by atoms with van der Waals surface area (Å²) in [5, 5.41) is 12.0. The van der Waals surface area contributed by atoms with E-state index in [0.717, 1.165) is 22.4 Å². The van der Waals surface area contributed by atoms with Crippen molar-refractivity contribution in [1.82, 2.24) is 5.32 Å². The summed E-state index contributed by atoms with van der Waals surface area (Å²) in [5.74, 6) is -0.0708. The molecule has 0 saturated carbocycles. The fourth-order valence-corrected chi connectivity index (χ4v) is 2.29. The Balaban J connectivity index is 3.11. The molecular weight excluding hydrogens is 244 g/mol. The normalized spacial score (nSPS) is 13.9. The molecule has 0 bridgehead atoms. The quantitative estimate of drug-likeness (QED) is 0.724. The van der Waals surface area contributed by atoms with Crippen LogP contribution >= 0.6 is 0 Å². The van der Waals surface area contributed by atoms with E-state index in [4.69, 9.17) is 15.6 Å². The number of aliphatic carboxylic acids is 1. The van der Waals surface area contributed by atoms with Crippen LogP contribution in [0, 0.1) is 13.8 Å². The van der Waals surface area contributed by atoms with Crippen LogP contribution in [0.1, 0.15) is 29.2 Å². The van der Waals surface area contributed by atoms with Crippen molar-refractivity contribution in [2.45, 2.75) is 32.4 Å². The average Bonchev–Trinajstić information content (AvgIpc) is 2.33. The van der Waals surface area contributed by atoms with Gasteiger partial charge in [-0.1, -0.05) is 6.07 Å². The van der Waals surface area contributed by atoms with Gasteiger partial charge in [-0.25, -0.2) is 0 Å². The summed E-state index contributed by atoms with van der Waals surface area (Å²) in [6, 6.07) is 3.27. The van der Waals surface area contributed by atoms with Crippen molar-refractivity contribution in [1.29, 1.82) is 0 Å². The fourth-order valence-electron chi connectivity index (χ4n) is 2.29. The lowest BCUT2D eigenvalue weighted by Gasteiger charge is -2.25. The van der Waals surface area contributed by atoms with Crippen LogP contribution in [-0.2, 0) is 4.79 Å². The van der Waals surface area contributed by atoms with Crippen molar-refractivity contribution in [3.8, 4) is 5.75 Å². The van der Waals surface area contributed by atoms with Gasteiger partial charge in [-0.2, -0.15) is 0 Å². The molecule has 0 fully saturated rings. The minimum atomic E-state index is -0.893. The van der Waals surface area contributed by atoms with Gasteiger partial charge in [0.15, 0.2) is 0 Å². The number of carboxylic acid groups (broad SMARTS) is 1. The maximum Gasteiger partial charge on any atom is 0.304 e. The minimum Gasteiger partial charge on any atom is -0.496 e. The predicted octanol–water partition coefficient (Wildman–Crippen LogP) is 1.37. The summed E-state index contributed by atoms with van der Waals surface area (Å²) in [7, 11) is 3.42. The highest BCUT2D eigenvalue weighted by molar-refractivity contribution is 5.67. The predicted molar refractivity (Wildman–Crippen MR) is 74.5 cm³/mol. The first-order valence-electron chi connectivity index (χ1n) is 6.20. The fraction of sp³-hybridized carbons (Fsp3) is 0.500. The van der Waals surface area contributed by atoms with E-state index in [-0.39, 0.29) is 12.5 Å². The molecule has 1 aromatic carbocycles. The number of carboxylic acids is 1. The number of likely N-dealkylation sites (N-methyl/N-ethyl adjacent to an activating group) is 1. The van der Waals surface area contributed by atoms with Crippen LogP contribution in [0.2, 0.25) is 0 Å². The maximum atomic E-state index is 10.8. The second kappa shape index (κ2) is 6.54. The van der Waals surface area contributed by atoms with Gasteiger partial charge in [-0.05, 0) is 43.7 Å². The maximum absolute atomic E-state index is 10.8. The molecule has 0 radical (unpaired) electrons. The highest BCUT2D eigenvalue weighted by Crippen LogP contribution is 2.28. The van der Waals surface area contributed by atoms with Gasteiger partial charge < -0.3 is 20.9 Å². The second-order valence-corrected chi connectivity index (χ2v) is 4.71. The zero-order valence-electron chi connectivity index (χ0n) is 11.9. The largest absolute Gasteiger partial charge is 0.496 e. The molecule has 4 N–H and O–H groups in total. The number of nitrogens with one attached hydrogen (secondary N) is 1. The summed E-state index contributed by atoms with van der Waals surface area (Å²) in [6.07, 6.45) is -0.0734. The summed E-state index contributed by atoms with van der Waals surface area (Å²) in [5.41, 5.74) is 9.02. The molecule has 1 aromatic rings. The molecule has 5 heteroatoms. The van der Waals surface area contributed by atoms with E-state index in [9.17, 15) is 4.79 Å². The molecule has 5 nitrogen and oxygen atoms in total. The summed E-state index contributed by atoms with van der Waals surface area (Å²) >= 11 is 0. The third kappa shape index (κ3) is 3.68. The molecule has 1 rings (SSSR count). The van der Waals surface area contributed by atoms with Crippen LogP contribution in [0.4, 0.5) is 0 Å².